The molecule has 1 saturated carbocycles. The third-order valence-corrected chi connectivity index (χ3v) is 3.68. The van der Waals surface area contributed by atoms with Crippen LogP contribution < -0.4 is 0 Å². The van der Waals surface area contributed by atoms with Crippen molar-refractivity contribution in [2.24, 2.45) is 10.8 Å². The van der Waals surface area contributed by atoms with Crippen molar-refractivity contribution in [2.75, 3.05) is 13.1 Å². The van der Waals surface area contributed by atoms with Gasteiger partial charge in [-0.1, -0.05) is 33.6 Å². The van der Waals surface area contributed by atoms with Crippen molar-refractivity contribution in [3.05, 3.63) is 0 Å². The van der Waals surface area contributed by atoms with E-state index < -0.39 is 5.97 Å². The number of nitrogens with zero attached hydrogens (tertiary/aromatic N) is 1. The Labute approximate surface area is 111 Å². The molecular formula is C15H25NO2. The Hall–Kier alpha value is -1.01. The number of terminal acetylenes is 1. The van der Waals surface area contributed by atoms with E-state index in [-0.39, 0.29) is 23.4 Å². The maximum Gasteiger partial charge on any atom is 0.317 e. The Bertz CT molecular complexity index is 336. The minimum absolute atomic E-state index is 0.0427. The Kier molecular flexibility index (Phi) is 4.45. The molecule has 0 aromatic rings. The highest BCUT2D eigenvalue weighted by molar-refractivity contribution is 5.69. The van der Waals surface area contributed by atoms with Gasteiger partial charge in [0.1, 0.15) is 0 Å². The molecule has 0 aliphatic heterocycles. The number of carboxylic acid groups (broad SMARTS) is 1. The molecule has 0 aromatic heterocycles. The topological polar surface area (TPSA) is 40.5 Å². The fraction of sp³-hybridized carbons (Fsp3) is 0.800. The molecule has 1 N–H and O–H groups in total. The Balaban J connectivity index is 2.84. The van der Waals surface area contributed by atoms with Crippen molar-refractivity contribution in [1.29, 1.82) is 0 Å². The van der Waals surface area contributed by atoms with E-state index >= 15 is 0 Å². The Morgan fingerprint density at radius 2 is 1.83 bits per heavy atom. The van der Waals surface area contributed by atoms with E-state index in [4.69, 9.17) is 11.5 Å². The highest BCUT2D eigenvalue weighted by atomic mass is 16.4. The first-order valence-electron chi connectivity index (χ1n) is 6.54. The molecule has 1 aliphatic carbocycles. The average molecular weight is 251 g/mol. The summed E-state index contributed by atoms with van der Waals surface area (Å²) < 4.78 is 0. The summed E-state index contributed by atoms with van der Waals surface area (Å²) in [5, 5.41) is 8.99. The Morgan fingerprint density at radius 1 is 1.33 bits per heavy atom. The number of hydrogen-bond donors (Lipinski definition) is 1. The molecule has 1 fully saturated rings. The fourth-order valence-electron chi connectivity index (χ4n) is 3.65. The second-order valence-electron chi connectivity index (χ2n) is 7.07. The lowest BCUT2D eigenvalue weighted by Crippen LogP contribution is -2.48. The summed E-state index contributed by atoms with van der Waals surface area (Å²) in [5.41, 5.74) is 0.496. The van der Waals surface area contributed by atoms with Gasteiger partial charge in [-0.3, -0.25) is 9.69 Å². The van der Waals surface area contributed by atoms with Crippen LogP contribution in [0.15, 0.2) is 0 Å². The minimum atomic E-state index is -0.800. The summed E-state index contributed by atoms with van der Waals surface area (Å²) in [6, 6.07) is 0.274. The quantitative estimate of drug-likeness (QED) is 0.781. The van der Waals surface area contributed by atoms with E-state index in [0.29, 0.717) is 6.54 Å². The van der Waals surface area contributed by atoms with Gasteiger partial charge < -0.3 is 5.11 Å². The fourth-order valence-corrected chi connectivity index (χ4v) is 3.65. The third-order valence-electron chi connectivity index (χ3n) is 3.68. The van der Waals surface area contributed by atoms with Crippen molar-refractivity contribution in [3.63, 3.8) is 0 Å². The van der Waals surface area contributed by atoms with Crippen LogP contribution in [0, 0.1) is 23.2 Å². The van der Waals surface area contributed by atoms with E-state index in [1.807, 2.05) is 4.90 Å². The Morgan fingerprint density at radius 3 is 2.22 bits per heavy atom. The first-order chi connectivity index (χ1) is 8.15. The van der Waals surface area contributed by atoms with Crippen molar-refractivity contribution in [3.8, 4) is 12.3 Å². The van der Waals surface area contributed by atoms with Gasteiger partial charge in [0.15, 0.2) is 0 Å². The van der Waals surface area contributed by atoms with Crippen molar-refractivity contribution >= 4 is 5.97 Å². The van der Waals surface area contributed by atoms with Gasteiger partial charge in [-0.05, 0) is 30.1 Å². The van der Waals surface area contributed by atoms with E-state index in [1.165, 1.54) is 6.42 Å². The number of aliphatic carboxylic acids is 1. The molecule has 0 aromatic carbocycles. The maximum atomic E-state index is 10.9. The van der Waals surface area contributed by atoms with Gasteiger partial charge in [-0.2, -0.15) is 0 Å². The largest absolute Gasteiger partial charge is 0.480 e. The molecule has 0 bridgehead atoms. The van der Waals surface area contributed by atoms with Crippen LogP contribution in [0.5, 0.6) is 0 Å². The molecule has 1 aliphatic rings. The second kappa shape index (κ2) is 5.32. The smallest absolute Gasteiger partial charge is 0.317 e. The lowest BCUT2D eigenvalue weighted by atomic mass is 9.63. The summed E-state index contributed by atoms with van der Waals surface area (Å²) in [4.78, 5) is 12.9. The predicted octanol–water partition coefficient (Wildman–Crippen LogP) is 2.61. The molecule has 3 heteroatoms. The van der Waals surface area contributed by atoms with E-state index in [9.17, 15) is 4.79 Å². The molecule has 0 unspecified atom stereocenters. The van der Waals surface area contributed by atoms with Gasteiger partial charge >= 0.3 is 5.97 Å². The summed E-state index contributed by atoms with van der Waals surface area (Å²) >= 11 is 0. The molecule has 0 saturated heterocycles. The van der Waals surface area contributed by atoms with Crippen molar-refractivity contribution in [1.82, 2.24) is 4.90 Å². The number of hydrogen-bond acceptors (Lipinski definition) is 2. The normalized spacial score (nSPS) is 22.7. The highest BCUT2D eigenvalue weighted by Crippen LogP contribution is 2.47. The molecule has 18 heavy (non-hydrogen) atoms. The van der Waals surface area contributed by atoms with Crippen LogP contribution >= 0.6 is 0 Å². The van der Waals surface area contributed by atoms with Crippen LogP contribution in [0.4, 0.5) is 0 Å². The van der Waals surface area contributed by atoms with Gasteiger partial charge in [-0.15, -0.1) is 6.42 Å². The molecule has 102 valence electrons. The summed E-state index contributed by atoms with van der Waals surface area (Å²) in [7, 11) is 0. The van der Waals surface area contributed by atoms with Gasteiger partial charge in [0.2, 0.25) is 0 Å². The van der Waals surface area contributed by atoms with Crippen molar-refractivity contribution in [2.45, 2.75) is 53.0 Å². The lowest BCUT2D eigenvalue weighted by Gasteiger charge is -2.48. The van der Waals surface area contributed by atoms with Gasteiger partial charge in [0.25, 0.3) is 0 Å². The second-order valence-corrected chi connectivity index (χ2v) is 7.07. The van der Waals surface area contributed by atoms with Gasteiger partial charge in [0, 0.05) is 6.04 Å². The van der Waals surface area contributed by atoms with E-state index in [2.05, 4.69) is 33.6 Å². The van der Waals surface area contributed by atoms with Crippen LogP contribution in [0.3, 0.4) is 0 Å². The van der Waals surface area contributed by atoms with E-state index in [1.54, 1.807) is 0 Å². The molecule has 0 atom stereocenters. The highest BCUT2D eigenvalue weighted by Gasteiger charge is 2.40. The minimum Gasteiger partial charge on any atom is -0.480 e. The van der Waals surface area contributed by atoms with Crippen LogP contribution in [0.1, 0.15) is 47.0 Å². The third kappa shape index (κ3) is 4.34. The van der Waals surface area contributed by atoms with Gasteiger partial charge in [0.05, 0.1) is 13.1 Å². The zero-order valence-electron chi connectivity index (χ0n) is 12.0. The molecular weight excluding hydrogens is 226 g/mol. The monoisotopic (exact) mass is 251 g/mol. The van der Waals surface area contributed by atoms with Crippen LogP contribution in [0.25, 0.3) is 0 Å². The summed E-state index contributed by atoms with van der Waals surface area (Å²) in [6.07, 6.45) is 8.57. The summed E-state index contributed by atoms with van der Waals surface area (Å²) in [6.45, 7) is 9.50. The first kappa shape index (κ1) is 15.0. The lowest BCUT2D eigenvalue weighted by molar-refractivity contribution is -0.139. The average Bonchev–Trinajstić information content (AvgIpc) is 2.11. The zero-order valence-corrected chi connectivity index (χ0v) is 12.0. The summed E-state index contributed by atoms with van der Waals surface area (Å²) in [5.74, 6) is 1.79. The standard InChI is InChI=1S/C15H25NO2/c1-6-7-16(10-13(17)18)12-8-14(2,3)11-15(4,5)9-12/h1,12H,7-11H2,2-5H3,(H,17,18). The molecule has 0 amide bonds. The zero-order chi connectivity index (χ0) is 14.0. The number of rotatable bonds is 4. The van der Waals surface area contributed by atoms with Crippen LogP contribution in [-0.4, -0.2) is 35.1 Å². The predicted molar refractivity (Wildman–Crippen MR) is 73.2 cm³/mol. The molecule has 0 heterocycles. The first-order valence-corrected chi connectivity index (χ1v) is 6.54. The molecule has 1 rings (SSSR count). The van der Waals surface area contributed by atoms with Crippen molar-refractivity contribution < 1.29 is 9.90 Å². The van der Waals surface area contributed by atoms with E-state index in [0.717, 1.165) is 12.8 Å². The van der Waals surface area contributed by atoms with Crippen LogP contribution in [0.2, 0.25) is 0 Å². The molecule has 0 radical (unpaired) electrons. The van der Waals surface area contributed by atoms with Crippen LogP contribution in [-0.2, 0) is 4.79 Å². The maximum absolute atomic E-state index is 10.9. The number of carboxylic acids is 1. The number of carbonyl (C=O) groups is 1. The molecule has 0 spiro atoms. The SMILES string of the molecule is C#CCN(CC(=O)O)C1CC(C)(C)CC(C)(C)C1. The molecule has 3 nitrogen and oxygen atoms in total. The van der Waals surface area contributed by atoms with Gasteiger partial charge in [-0.25, -0.2) is 0 Å².